The fourth-order valence-corrected chi connectivity index (χ4v) is 1.81. The van der Waals surface area contributed by atoms with Crippen molar-refractivity contribution in [3.63, 3.8) is 0 Å². The molecule has 1 aromatic carbocycles. The average molecular weight is 295 g/mol. The van der Waals surface area contributed by atoms with E-state index in [1.807, 2.05) is 0 Å². The first kappa shape index (κ1) is 14.3. The van der Waals surface area contributed by atoms with Gasteiger partial charge in [-0.15, -0.1) is 0 Å². The second kappa shape index (κ2) is 6.38. The molecule has 0 fully saturated rings. The SMILES string of the molecule is CC(Oc1ccc(Cl)cc1)C(=O)N(C)Cc1ncn[nH]1. The third-order valence-corrected chi connectivity index (χ3v) is 2.95. The average Bonchev–Trinajstić information content (AvgIpc) is 2.93. The molecule has 0 saturated heterocycles. The van der Waals surface area contributed by atoms with Crippen LogP contribution in [0, 0.1) is 0 Å². The largest absolute Gasteiger partial charge is 0.481 e. The summed E-state index contributed by atoms with van der Waals surface area (Å²) in [6.07, 6.45) is 0.811. The van der Waals surface area contributed by atoms with Crippen LogP contribution >= 0.6 is 11.6 Å². The lowest BCUT2D eigenvalue weighted by Crippen LogP contribution is -2.37. The lowest BCUT2D eigenvalue weighted by Gasteiger charge is -2.21. The molecular formula is C13H15ClN4O2. The predicted molar refractivity (Wildman–Crippen MR) is 74.4 cm³/mol. The standard InChI is InChI=1S/C13H15ClN4O2/c1-9(20-11-5-3-10(14)4-6-11)13(19)18(2)7-12-15-8-16-17-12/h3-6,8-9H,7H2,1-2H3,(H,15,16,17). The van der Waals surface area contributed by atoms with E-state index in [-0.39, 0.29) is 5.91 Å². The Balaban J connectivity index is 1.92. The van der Waals surface area contributed by atoms with Crippen molar-refractivity contribution in [1.29, 1.82) is 0 Å². The summed E-state index contributed by atoms with van der Waals surface area (Å²) in [4.78, 5) is 17.7. The Labute approximate surface area is 121 Å². The Hall–Kier alpha value is -2.08. The summed E-state index contributed by atoms with van der Waals surface area (Å²) < 4.78 is 5.58. The highest BCUT2D eigenvalue weighted by Crippen LogP contribution is 2.17. The number of aromatic amines is 1. The highest BCUT2D eigenvalue weighted by atomic mass is 35.5. The minimum Gasteiger partial charge on any atom is -0.481 e. The molecule has 20 heavy (non-hydrogen) atoms. The van der Waals surface area contributed by atoms with Gasteiger partial charge < -0.3 is 9.64 Å². The van der Waals surface area contributed by atoms with Gasteiger partial charge in [-0.25, -0.2) is 4.98 Å². The van der Waals surface area contributed by atoms with Gasteiger partial charge in [-0.2, -0.15) is 5.10 Å². The Morgan fingerprint density at radius 1 is 1.45 bits per heavy atom. The number of halogens is 1. The molecule has 2 aromatic rings. The van der Waals surface area contributed by atoms with Crippen molar-refractivity contribution in [2.45, 2.75) is 19.6 Å². The summed E-state index contributed by atoms with van der Waals surface area (Å²) in [5, 5.41) is 7.07. The maximum atomic E-state index is 12.2. The van der Waals surface area contributed by atoms with Gasteiger partial charge in [0.2, 0.25) is 0 Å². The van der Waals surface area contributed by atoms with E-state index in [4.69, 9.17) is 16.3 Å². The smallest absolute Gasteiger partial charge is 0.263 e. The monoisotopic (exact) mass is 294 g/mol. The first-order valence-electron chi connectivity index (χ1n) is 6.07. The molecule has 1 amide bonds. The van der Waals surface area contributed by atoms with Gasteiger partial charge in [0.15, 0.2) is 6.10 Å². The number of benzene rings is 1. The lowest BCUT2D eigenvalue weighted by atomic mass is 10.3. The molecule has 0 radical (unpaired) electrons. The maximum Gasteiger partial charge on any atom is 0.263 e. The summed E-state index contributed by atoms with van der Waals surface area (Å²) in [5.41, 5.74) is 0. The second-order valence-corrected chi connectivity index (χ2v) is 4.78. The third kappa shape index (κ3) is 3.71. The zero-order chi connectivity index (χ0) is 14.5. The van der Waals surface area contributed by atoms with Crippen molar-refractivity contribution in [2.24, 2.45) is 0 Å². The van der Waals surface area contributed by atoms with Crippen molar-refractivity contribution < 1.29 is 9.53 Å². The topological polar surface area (TPSA) is 71.1 Å². The Bertz CT molecular complexity index is 556. The fourth-order valence-electron chi connectivity index (χ4n) is 1.69. The molecule has 106 valence electrons. The van der Waals surface area contributed by atoms with Gasteiger partial charge in [-0.05, 0) is 31.2 Å². The van der Waals surface area contributed by atoms with E-state index in [0.29, 0.717) is 23.1 Å². The third-order valence-electron chi connectivity index (χ3n) is 2.70. The first-order chi connectivity index (χ1) is 9.56. The number of H-pyrrole nitrogens is 1. The van der Waals surface area contributed by atoms with E-state index in [9.17, 15) is 4.79 Å². The molecule has 7 heteroatoms. The number of carbonyl (C=O) groups excluding carboxylic acids is 1. The molecule has 0 spiro atoms. The molecule has 1 N–H and O–H groups in total. The van der Waals surface area contributed by atoms with Gasteiger partial charge in [0, 0.05) is 12.1 Å². The van der Waals surface area contributed by atoms with Crippen LogP contribution in [0.3, 0.4) is 0 Å². The number of amides is 1. The van der Waals surface area contributed by atoms with Crippen molar-refractivity contribution >= 4 is 17.5 Å². The summed E-state index contributed by atoms with van der Waals surface area (Å²) in [5.74, 6) is 1.08. The van der Waals surface area contributed by atoms with E-state index in [1.165, 1.54) is 11.2 Å². The van der Waals surface area contributed by atoms with Gasteiger partial charge >= 0.3 is 0 Å². The van der Waals surface area contributed by atoms with Crippen molar-refractivity contribution in [1.82, 2.24) is 20.1 Å². The highest BCUT2D eigenvalue weighted by Gasteiger charge is 2.20. The van der Waals surface area contributed by atoms with Crippen LogP contribution in [0.2, 0.25) is 5.02 Å². The molecule has 1 heterocycles. The van der Waals surface area contributed by atoms with Crippen LogP contribution in [0.4, 0.5) is 0 Å². The Kier molecular flexibility index (Phi) is 4.57. The number of nitrogens with zero attached hydrogens (tertiary/aromatic N) is 3. The number of rotatable bonds is 5. The van der Waals surface area contributed by atoms with E-state index in [2.05, 4.69) is 15.2 Å². The van der Waals surface area contributed by atoms with Crippen LogP contribution in [0.25, 0.3) is 0 Å². The summed E-state index contributed by atoms with van der Waals surface area (Å²) in [7, 11) is 1.69. The number of hydrogen-bond acceptors (Lipinski definition) is 4. The number of carbonyl (C=O) groups is 1. The molecule has 1 aromatic heterocycles. The minimum atomic E-state index is -0.593. The maximum absolute atomic E-state index is 12.2. The molecule has 6 nitrogen and oxygen atoms in total. The van der Waals surface area contributed by atoms with Crippen LogP contribution < -0.4 is 4.74 Å². The molecule has 0 aliphatic carbocycles. The molecule has 0 bridgehead atoms. The van der Waals surface area contributed by atoms with E-state index < -0.39 is 6.10 Å². The fraction of sp³-hybridized carbons (Fsp3) is 0.308. The molecule has 1 unspecified atom stereocenters. The molecule has 0 aliphatic rings. The molecule has 0 saturated carbocycles. The number of aromatic nitrogens is 3. The van der Waals surface area contributed by atoms with E-state index in [1.54, 1.807) is 38.2 Å². The second-order valence-electron chi connectivity index (χ2n) is 4.34. The summed E-state index contributed by atoms with van der Waals surface area (Å²) >= 11 is 5.79. The first-order valence-corrected chi connectivity index (χ1v) is 6.45. The van der Waals surface area contributed by atoms with Crippen LogP contribution in [0.15, 0.2) is 30.6 Å². The van der Waals surface area contributed by atoms with Gasteiger partial charge in [-0.3, -0.25) is 9.89 Å². The number of ether oxygens (including phenoxy) is 1. The molecule has 2 rings (SSSR count). The quantitative estimate of drug-likeness (QED) is 0.914. The molecular weight excluding hydrogens is 280 g/mol. The van der Waals surface area contributed by atoms with Crippen LogP contribution in [-0.4, -0.2) is 39.1 Å². The van der Waals surface area contributed by atoms with Gasteiger partial charge in [0.25, 0.3) is 5.91 Å². The minimum absolute atomic E-state index is 0.142. The van der Waals surface area contributed by atoms with Gasteiger partial charge in [-0.1, -0.05) is 11.6 Å². The highest BCUT2D eigenvalue weighted by molar-refractivity contribution is 6.30. The van der Waals surface area contributed by atoms with E-state index >= 15 is 0 Å². The number of likely N-dealkylation sites (N-methyl/N-ethyl adjacent to an activating group) is 1. The Morgan fingerprint density at radius 2 is 2.15 bits per heavy atom. The zero-order valence-corrected chi connectivity index (χ0v) is 12.0. The van der Waals surface area contributed by atoms with Crippen LogP contribution in [0.1, 0.15) is 12.7 Å². The van der Waals surface area contributed by atoms with E-state index in [0.717, 1.165) is 0 Å². The zero-order valence-electron chi connectivity index (χ0n) is 11.2. The van der Waals surface area contributed by atoms with Crippen LogP contribution in [0.5, 0.6) is 5.75 Å². The van der Waals surface area contributed by atoms with Crippen LogP contribution in [-0.2, 0) is 11.3 Å². The Morgan fingerprint density at radius 3 is 2.75 bits per heavy atom. The van der Waals surface area contributed by atoms with Gasteiger partial charge in [0.05, 0.1) is 6.54 Å². The van der Waals surface area contributed by atoms with Crippen molar-refractivity contribution in [3.8, 4) is 5.75 Å². The lowest BCUT2D eigenvalue weighted by molar-refractivity contribution is -0.137. The normalized spacial score (nSPS) is 11.9. The summed E-state index contributed by atoms with van der Waals surface area (Å²) in [6.45, 7) is 2.06. The number of nitrogens with one attached hydrogen (secondary N) is 1. The predicted octanol–water partition coefficient (Wildman–Crippen LogP) is 1.88. The number of hydrogen-bond donors (Lipinski definition) is 1. The van der Waals surface area contributed by atoms with Gasteiger partial charge in [0.1, 0.15) is 17.9 Å². The molecule has 1 atom stereocenters. The summed E-state index contributed by atoms with van der Waals surface area (Å²) in [6, 6.07) is 6.88. The van der Waals surface area contributed by atoms with Crippen molar-refractivity contribution in [2.75, 3.05) is 7.05 Å². The molecule has 0 aliphatic heterocycles. The van der Waals surface area contributed by atoms with Crippen molar-refractivity contribution in [3.05, 3.63) is 41.4 Å².